The molecular formula is C18H14F3N3O6. The highest BCUT2D eigenvalue weighted by atomic mass is 19.4. The highest BCUT2D eigenvalue weighted by Gasteiger charge is 2.30. The molecule has 30 heavy (non-hydrogen) atoms. The predicted octanol–water partition coefficient (Wildman–Crippen LogP) is 3.82. The average molecular weight is 425 g/mol. The van der Waals surface area contributed by atoms with Crippen LogP contribution < -0.4 is 15.8 Å². The van der Waals surface area contributed by atoms with E-state index in [1.54, 1.807) is 0 Å². The molecule has 0 fully saturated rings. The van der Waals surface area contributed by atoms with Crippen LogP contribution in [0.2, 0.25) is 0 Å². The number of hydrogen-bond donors (Lipinski definition) is 1. The third-order valence-corrected chi connectivity index (χ3v) is 4.02. The van der Waals surface area contributed by atoms with E-state index in [0.29, 0.717) is 5.52 Å². The monoisotopic (exact) mass is 425 g/mol. The lowest BCUT2D eigenvalue weighted by molar-refractivity contribution is -0.384. The first-order valence-electron chi connectivity index (χ1n) is 8.56. The molecule has 0 aliphatic carbocycles. The normalized spacial score (nSPS) is 11.4. The van der Waals surface area contributed by atoms with Crippen molar-refractivity contribution in [3.63, 3.8) is 0 Å². The number of fused-ring (bicyclic) bond motifs is 1. The molecule has 0 radical (unpaired) electrons. The van der Waals surface area contributed by atoms with Gasteiger partial charge < -0.3 is 14.5 Å². The Morgan fingerprint density at radius 3 is 2.53 bits per heavy atom. The second kappa shape index (κ2) is 8.27. The highest BCUT2D eigenvalue weighted by molar-refractivity contribution is 5.90. The van der Waals surface area contributed by atoms with E-state index in [2.05, 4.69) is 10.1 Å². The lowest BCUT2D eigenvalue weighted by Gasteiger charge is -2.10. The highest BCUT2D eigenvalue weighted by Crippen LogP contribution is 2.24. The molecule has 0 atom stereocenters. The van der Waals surface area contributed by atoms with Crippen LogP contribution in [0.15, 0.2) is 51.7 Å². The third-order valence-electron chi connectivity index (χ3n) is 4.02. The van der Waals surface area contributed by atoms with Crippen LogP contribution in [0, 0.1) is 10.1 Å². The Morgan fingerprint density at radius 2 is 1.90 bits per heavy atom. The molecule has 1 aromatic heterocycles. The number of nitro benzene ring substituents is 1. The van der Waals surface area contributed by atoms with Crippen molar-refractivity contribution in [1.29, 1.82) is 0 Å². The van der Waals surface area contributed by atoms with Gasteiger partial charge in [0.2, 0.25) is 5.91 Å². The van der Waals surface area contributed by atoms with Crippen LogP contribution in [-0.2, 0) is 11.3 Å². The number of alkyl halides is 3. The van der Waals surface area contributed by atoms with Gasteiger partial charge in [0.15, 0.2) is 5.58 Å². The minimum Gasteiger partial charge on any atom is -0.407 e. The Kier molecular flexibility index (Phi) is 5.76. The minimum absolute atomic E-state index is 0.0207. The van der Waals surface area contributed by atoms with Gasteiger partial charge in [-0.25, -0.2) is 4.79 Å². The number of anilines is 1. The lowest BCUT2D eigenvalue weighted by Crippen LogP contribution is -2.17. The van der Waals surface area contributed by atoms with Crippen molar-refractivity contribution in [2.45, 2.75) is 25.7 Å². The SMILES string of the molecule is O=C(CCCn1c(=O)oc2cc([N+](=O)[O-])ccc21)Nc1ccc(OC(F)(F)F)cc1. The molecule has 3 aromatic rings. The van der Waals surface area contributed by atoms with E-state index < -0.39 is 28.7 Å². The Balaban J connectivity index is 1.56. The fourth-order valence-corrected chi connectivity index (χ4v) is 2.74. The van der Waals surface area contributed by atoms with Gasteiger partial charge >= 0.3 is 12.1 Å². The van der Waals surface area contributed by atoms with Crippen LogP contribution in [0.4, 0.5) is 24.5 Å². The summed E-state index contributed by atoms with van der Waals surface area (Å²) in [5.41, 5.74) is 0.508. The maximum atomic E-state index is 12.1. The van der Waals surface area contributed by atoms with Crippen molar-refractivity contribution >= 4 is 28.4 Å². The molecule has 0 spiro atoms. The maximum Gasteiger partial charge on any atom is 0.573 e. The quantitative estimate of drug-likeness (QED) is 0.454. The molecule has 0 saturated heterocycles. The van der Waals surface area contributed by atoms with Gasteiger partial charge in [-0.3, -0.25) is 19.5 Å². The lowest BCUT2D eigenvalue weighted by atomic mass is 10.2. The van der Waals surface area contributed by atoms with Crippen molar-refractivity contribution < 1.29 is 32.0 Å². The number of nitrogens with zero attached hydrogens (tertiary/aromatic N) is 2. The molecule has 1 heterocycles. The summed E-state index contributed by atoms with van der Waals surface area (Å²) >= 11 is 0. The van der Waals surface area contributed by atoms with Gasteiger partial charge in [0.25, 0.3) is 5.69 Å². The minimum atomic E-state index is -4.80. The zero-order valence-corrected chi connectivity index (χ0v) is 15.1. The Morgan fingerprint density at radius 1 is 1.20 bits per heavy atom. The number of non-ortho nitro benzene ring substituents is 1. The second-order valence-corrected chi connectivity index (χ2v) is 6.15. The summed E-state index contributed by atoms with van der Waals surface area (Å²) in [6, 6.07) is 8.45. The van der Waals surface area contributed by atoms with E-state index in [4.69, 9.17) is 4.42 Å². The smallest absolute Gasteiger partial charge is 0.407 e. The Labute approximate surface area is 165 Å². The van der Waals surface area contributed by atoms with Gasteiger partial charge in [0.05, 0.1) is 16.5 Å². The van der Waals surface area contributed by atoms with Crippen LogP contribution in [0.3, 0.4) is 0 Å². The number of ether oxygens (including phenoxy) is 1. The molecule has 158 valence electrons. The molecule has 2 aromatic carbocycles. The number of nitrogens with one attached hydrogen (secondary N) is 1. The third kappa shape index (κ3) is 5.16. The Hall–Kier alpha value is -3.83. The van der Waals surface area contributed by atoms with E-state index in [-0.39, 0.29) is 36.3 Å². The van der Waals surface area contributed by atoms with E-state index in [0.717, 1.165) is 18.2 Å². The first kappa shape index (κ1) is 20.9. The van der Waals surface area contributed by atoms with Crippen LogP contribution in [0.25, 0.3) is 11.1 Å². The van der Waals surface area contributed by atoms with Gasteiger partial charge in [0.1, 0.15) is 5.75 Å². The number of oxazole rings is 1. The summed E-state index contributed by atoms with van der Waals surface area (Å²) in [6.07, 6.45) is -4.52. The molecule has 1 amide bonds. The first-order valence-corrected chi connectivity index (χ1v) is 8.56. The molecule has 0 bridgehead atoms. The number of amides is 1. The molecule has 9 nitrogen and oxygen atoms in total. The number of halogens is 3. The van der Waals surface area contributed by atoms with Gasteiger partial charge in [-0.05, 0) is 36.8 Å². The summed E-state index contributed by atoms with van der Waals surface area (Å²) in [5, 5.41) is 13.3. The number of carbonyl (C=O) groups excluding carboxylic acids is 1. The second-order valence-electron chi connectivity index (χ2n) is 6.15. The number of rotatable bonds is 7. The molecule has 12 heteroatoms. The van der Waals surface area contributed by atoms with E-state index >= 15 is 0 Å². The van der Waals surface area contributed by atoms with Crippen molar-refractivity contribution in [1.82, 2.24) is 4.57 Å². The number of carbonyl (C=O) groups is 1. The van der Waals surface area contributed by atoms with E-state index in [9.17, 15) is 32.9 Å². The van der Waals surface area contributed by atoms with Gasteiger partial charge in [0, 0.05) is 24.7 Å². The summed E-state index contributed by atoms with van der Waals surface area (Å²) < 4.78 is 46.4. The van der Waals surface area contributed by atoms with Gasteiger partial charge in [-0.2, -0.15) is 0 Å². The molecule has 0 aliphatic rings. The fraction of sp³-hybridized carbons (Fsp3) is 0.222. The summed E-state index contributed by atoms with van der Waals surface area (Å²) in [6.45, 7) is 0.134. The van der Waals surface area contributed by atoms with Crippen molar-refractivity contribution in [2.24, 2.45) is 0 Å². The Bertz CT molecular complexity index is 1130. The summed E-state index contributed by atoms with van der Waals surface area (Å²) in [5.74, 6) is -1.52. The molecular weight excluding hydrogens is 411 g/mol. The molecule has 3 rings (SSSR count). The van der Waals surface area contributed by atoms with Crippen molar-refractivity contribution in [3.8, 4) is 5.75 Å². The van der Waals surface area contributed by atoms with Crippen LogP contribution in [0.5, 0.6) is 5.75 Å². The molecule has 0 saturated carbocycles. The number of aromatic nitrogens is 1. The first-order chi connectivity index (χ1) is 14.1. The topological polar surface area (TPSA) is 117 Å². The predicted molar refractivity (Wildman–Crippen MR) is 98.1 cm³/mol. The number of benzene rings is 2. The van der Waals surface area contributed by atoms with E-state index in [1.165, 1.54) is 28.8 Å². The van der Waals surface area contributed by atoms with Gasteiger partial charge in [-0.15, -0.1) is 13.2 Å². The van der Waals surface area contributed by atoms with Crippen LogP contribution >= 0.6 is 0 Å². The van der Waals surface area contributed by atoms with Crippen LogP contribution in [0.1, 0.15) is 12.8 Å². The van der Waals surface area contributed by atoms with Crippen molar-refractivity contribution in [3.05, 3.63) is 63.1 Å². The molecule has 0 unspecified atom stereocenters. The van der Waals surface area contributed by atoms with Crippen LogP contribution in [-0.4, -0.2) is 21.8 Å². The molecule has 0 aliphatic heterocycles. The zero-order valence-electron chi connectivity index (χ0n) is 15.1. The number of nitro groups is 1. The number of hydrogen-bond acceptors (Lipinski definition) is 6. The summed E-state index contributed by atoms with van der Waals surface area (Å²) in [4.78, 5) is 34.1. The van der Waals surface area contributed by atoms with Crippen molar-refractivity contribution in [2.75, 3.05) is 5.32 Å². The summed E-state index contributed by atoms with van der Waals surface area (Å²) in [7, 11) is 0. The zero-order chi connectivity index (χ0) is 21.9. The van der Waals surface area contributed by atoms with Gasteiger partial charge in [-0.1, -0.05) is 0 Å². The standard InChI is InChI=1S/C18H14F3N3O6/c19-18(20,21)30-13-6-3-11(4-7-13)22-16(25)2-1-9-23-14-8-5-12(24(27)28)10-15(14)29-17(23)26/h3-8,10H,1-2,9H2,(H,22,25). The largest absolute Gasteiger partial charge is 0.573 e. The average Bonchev–Trinajstić information content (AvgIpc) is 2.97. The number of aryl methyl sites for hydroxylation is 1. The molecule has 1 N–H and O–H groups in total. The fourth-order valence-electron chi connectivity index (χ4n) is 2.74. The van der Waals surface area contributed by atoms with E-state index in [1.807, 2.05) is 0 Å². The maximum absolute atomic E-state index is 12.1.